The van der Waals surface area contributed by atoms with Gasteiger partial charge in [0.2, 0.25) is 0 Å². The molecule has 2 unspecified atom stereocenters. The number of ether oxygens (including phenoxy) is 1. The number of hydrogen-bond donors (Lipinski definition) is 2. The third kappa shape index (κ3) is 3.43. The number of pyridine rings is 1. The minimum atomic E-state index is 0.0959. The van der Waals surface area contributed by atoms with Crippen LogP contribution in [0.2, 0.25) is 0 Å². The smallest absolute Gasteiger partial charge is 0.128 e. The zero-order valence-corrected chi connectivity index (χ0v) is 11.9. The van der Waals surface area contributed by atoms with Gasteiger partial charge in [0.25, 0.3) is 0 Å². The van der Waals surface area contributed by atoms with E-state index in [0.717, 1.165) is 24.0 Å². The molecule has 4 nitrogen and oxygen atoms in total. The maximum atomic E-state index is 6.02. The van der Waals surface area contributed by atoms with E-state index in [4.69, 9.17) is 10.5 Å². The first-order valence-electron chi connectivity index (χ1n) is 6.65. The normalized spacial score (nSPS) is 14.4. The molecule has 0 radical (unpaired) electrons. The Morgan fingerprint density at radius 1 is 1.44 bits per heavy atom. The number of likely N-dealkylation sites (N-methyl/N-ethyl adjacent to an activating group) is 1. The number of hydrogen-bond acceptors (Lipinski definition) is 4. The molecule has 0 saturated heterocycles. The van der Waals surface area contributed by atoms with Crippen LogP contribution >= 0.6 is 0 Å². The fourth-order valence-corrected chi connectivity index (χ4v) is 2.36. The van der Waals surface area contributed by atoms with Gasteiger partial charge >= 0.3 is 0 Å². The van der Waals surface area contributed by atoms with Crippen molar-refractivity contribution in [3.05, 3.63) is 23.4 Å². The first kappa shape index (κ1) is 14.9. The number of aryl methyl sites for hydroxylation is 1. The third-order valence-electron chi connectivity index (χ3n) is 3.19. The molecule has 0 bridgehead atoms. The molecule has 0 aliphatic carbocycles. The highest BCUT2D eigenvalue weighted by atomic mass is 16.5. The van der Waals surface area contributed by atoms with E-state index in [-0.39, 0.29) is 12.1 Å². The van der Waals surface area contributed by atoms with Crippen LogP contribution in [0.25, 0.3) is 0 Å². The summed E-state index contributed by atoms with van der Waals surface area (Å²) in [6.45, 7) is 6.96. The molecule has 0 amide bonds. The van der Waals surface area contributed by atoms with Gasteiger partial charge in [-0.15, -0.1) is 0 Å². The van der Waals surface area contributed by atoms with Crippen LogP contribution in [-0.2, 0) is 4.74 Å². The number of nitrogen functional groups attached to an aromatic ring is 1. The highest BCUT2D eigenvalue weighted by Crippen LogP contribution is 2.28. The Morgan fingerprint density at radius 2 is 2.17 bits per heavy atom. The Kier molecular flexibility index (Phi) is 6.09. The van der Waals surface area contributed by atoms with Gasteiger partial charge in [-0.1, -0.05) is 13.3 Å². The van der Waals surface area contributed by atoms with Gasteiger partial charge in [-0.3, -0.25) is 0 Å². The van der Waals surface area contributed by atoms with Crippen molar-refractivity contribution in [3.63, 3.8) is 0 Å². The summed E-state index contributed by atoms with van der Waals surface area (Å²) < 4.78 is 5.85. The number of rotatable bonds is 7. The molecule has 1 rings (SSSR count). The van der Waals surface area contributed by atoms with Gasteiger partial charge in [-0.2, -0.15) is 0 Å². The number of aromatic nitrogens is 1. The summed E-state index contributed by atoms with van der Waals surface area (Å²) in [6.07, 6.45) is 3.97. The summed E-state index contributed by atoms with van der Waals surface area (Å²) in [7, 11) is 1.94. The highest BCUT2D eigenvalue weighted by Gasteiger charge is 2.25. The number of nitrogens with two attached hydrogens (primary N) is 1. The lowest BCUT2D eigenvalue weighted by Crippen LogP contribution is -2.33. The average Bonchev–Trinajstić information content (AvgIpc) is 2.34. The number of nitrogens with one attached hydrogen (secondary N) is 1. The van der Waals surface area contributed by atoms with Crippen molar-refractivity contribution in [2.45, 2.75) is 45.8 Å². The topological polar surface area (TPSA) is 60.2 Å². The zero-order valence-electron chi connectivity index (χ0n) is 11.9. The molecule has 102 valence electrons. The summed E-state index contributed by atoms with van der Waals surface area (Å²) >= 11 is 0. The Labute approximate surface area is 110 Å². The monoisotopic (exact) mass is 251 g/mol. The molecule has 0 fully saturated rings. The van der Waals surface area contributed by atoms with Gasteiger partial charge in [0.15, 0.2) is 0 Å². The molecule has 0 aromatic carbocycles. The van der Waals surface area contributed by atoms with Crippen molar-refractivity contribution in [1.82, 2.24) is 10.3 Å². The van der Waals surface area contributed by atoms with Crippen molar-refractivity contribution < 1.29 is 4.74 Å². The van der Waals surface area contributed by atoms with Crippen LogP contribution in [0, 0.1) is 6.92 Å². The second-order valence-corrected chi connectivity index (χ2v) is 4.48. The van der Waals surface area contributed by atoms with Crippen molar-refractivity contribution >= 4 is 5.82 Å². The maximum absolute atomic E-state index is 6.02. The molecule has 0 spiro atoms. The van der Waals surface area contributed by atoms with E-state index in [1.165, 1.54) is 0 Å². The quantitative estimate of drug-likeness (QED) is 0.781. The molecule has 1 aromatic rings. The van der Waals surface area contributed by atoms with E-state index >= 15 is 0 Å². The molecular formula is C14H25N3O. The minimum absolute atomic E-state index is 0.0959. The predicted molar refractivity (Wildman–Crippen MR) is 75.5 cm³/mol. The SMILES string of the molecule is CCCC(OCC)C(NC)c1c(C)ccnc1N. The Balaban J connectivity index is 3.06. The molecule has 3 N–H and O–H groups in total. The fraction of sp³-hybridized carbons (Fsp3) is 0.643. The van der Waals surface area contributed by atoms with Gasteiger partial charge in [0, 0.05) is 18.4 Å². The standard InChI is InChI=1S/C14H25N3O/c1-5-7-11(18-6-2)13(16-4)12-10(3)8-9-17-14(12)15/h8-9,11,13,16H,5-7H2,1-4H3,(H2,15,17). The lowest BCUT2D eigenvalue weighted by molar-refractivity contribution is 0.0295. The van der Waals surface area contributed by atoms with Crippen LogP contribution in [0.15, 0.2) is 12.3 Å². The molecule has 18 heavy (non-hydrogen) atoms. The molecule has 1 heterocycles. The lowest BCUT2D eigenvalue weighted by Gasteiger charge is -2.28. The van der Waals surface area contributed by atoms with Crippen molar-refractivity contribution in [3.8, 4) is 0 Å². The largest absolute Gasteiger partial charge is 0.383 e. The van der Waals surface area contributed by atoms with Crippen molar-refractivity contribution in [2.75, 3.05) is 19.4 Å². The zero-order chi connectivity index (χ0) is 13.5. The predicted octanol–water partition coefficient (Wildman–Crippen LogP) is 2.44. The van der Waals surface area contributed by atoms with E-state index < -0.39 is 0 Å². The molecule has 1 aromatic heterocycles. The lowest BCUT2D eigenvalue weighted by atomic mass is 9.95. The van der Waals surface area contributed by atoms with Gasteiger partial charge in [0.05, 0.1) is 12.1 Å². The Morgan fingerprint density at radius 3 is 2.67 bits per heavy atom. The fourth-order valence-electron chi connectivity index (χ4n) is 2.36. The van der Waals surface area contributed by atoms with Crippen molar-refractivity contribution in [1.29, 1.82) is 0 Å². The second kappa shape index (κ2) is 7.34. The van der Waals surface area contributed by atoms with Crippen LogP contribution in [0.4, 0.5) is 5.82 Å². The van der Waals surface area contributed by atoms with Crippen molar-refractivity contribution in [2.24, 2.45) is 0 Å². The first-order valence-corrected chi connectivity index (χ1v) is 6.65. The Bertz CT molecular complexity index is 342. The third-order valence-corrected chi connectivity index (χ3v) is 3.19. The van der Waals surface area contributed by atoms with Gasteiger partial charge in [-0.25, -0.2) is 4.98 Å². The summed E-state index contributed by atoms with van der Waals surface area (Å²) in [4.78, 5) is 4.19. The van der Waals surface area contributed by atoms with Gasteiger partial charge in [-0.05, 0) is 38.9 Å². The van der Waals surface area contributed by atoms with E-state index in [9.17, 15) is 0 Å². The molecule has 4 heteroatoms. The van der Waals surface area contributed by atoms with Gasteiger partial charge in [0.1, 0.15) is 5.82 Å². The first-order chi connectivity index (χ1) is 8.65. The second-order valence-electron chi connectivity index (χ2n) is 4.48. The summed E-state index contributed by atoms with van der Waals surface area (Å²) in [5.41, 5.74) is 8.24. The highest BCUT2D eigenvalue weighted by molar-refractivity contribution is 5.46. The van der Waals surface area contributed by atoms with E-state index in [1.54, 1.807) is 6.20 Å². The van der Waals surface area contributed by atoms with Crippen LogP contribution < -0.4 is 11.1 Å². The molecule has 0 aliphatic heterocycles. The maximum Gasteiger partial charge on any atom is 0.128 e. The average molecular weight is 251 g/mol. The minimum Gasteiger partial charge on any atom is -0.383 e. The van der Waals surface area contributed by atoms with Crippen LogP contribution in [0.1, 0.15) is 43.9 Å². The summed E-state index contributed by atoms with van der Waals surface area (Å²) in [5, 5.41) is 3.32. The van der Waals surface area contributed by atoms with Crippen LogP contribution in [-0.4, -0.2) is 24.7 Å². The van der Waals surface area contributed by atoms with E-state index in [1.807, 2.05) is 20.0 Å². The van der Waals surface area contributed by atoms with E-state index in [2.05, 4.69) is 24.1 Å². The molecular weight excluding hydrogens is 226 g/mol. The molecule has 2 atom stereocenters. The van der Waals surface area contributed by atoms with Crippen LogP contribution in [0.5, 0.6) is 0 Å². The molecule has 0 aliphatic rings. The van der Waals surface area contributed by atoms with Crippen LogP contribution in [0.3, 0.4) is 0 Å². The number of anilines is 1. The summed E-state index contributed by atoms with van der Waals surface area (Å²) in [6, 6.07) is 2.09. The summed E-state index contributed by atoms with van der Waals surface area (Å²) in [5.74, 6) is 0.593. The van der Waals surface area contributed by atoms with Gasteiger partial charge < -0.3 is 15.8 Å². The molecule has 0 saturated carbocycles. The number of nitrogens with zero attached hydrogens (tertiary/aromatic N) is 1. The van der Waals surface area contributed by atoms with E-state index in [0.29, 0.717) is 12.4 Å². The Hall–Kier alpha value is -1.13.